The normalized spacial score (nSPS) is 17.0. The summed E-state index contributed by atoms with van der Waals surface area (Å²) in [5.41, 5.74) is 2.78. The van der Waals surface area contributed by atoms with Crippen molar-refractivity contribution in [3.63, 3.8) is 0 Å². The zero-order valence-corrected chi connectivity index (χ0v) is 21.5. The van der Waals surface area contributed by atoms with E-state index in [9.17, 15) is 23.5 Å². The van der Waals surface area contributed by atoms with Gasteiger partial charge in [-0.1, -0.05) is 12.1 Å². The van der Waals surface area contributed by atoms with Crippen molar-refractivity contribution >= 4 is 22.9 Å². The molecule has 2 aliphatic heterocycles. The number of nitrogens with zero attached hydrogens (tertiary/aromatic N) is 6. The standard InChI is InChI=1S/C27H26F2N6O5/c1-32-24(37)21-4-3-17(9-22(21)35(32)12-18-8-16(14-36)2-5-23(18)40-25(28)29)19-10-30-26(31-11-19)33-6-7-34-20(13-33)15-39-27(34)38/h2-5,8-11,20,25,36H,6-7,12-15H2,1H3/t20-/m1/s1. The van der Waals surface area contributed by atoms with Crippen LogP contribution >= 0.6 is 0 Å². The number of aromatic nitrogens is 4. The number of carbonyl (C=O) groups is 1. The maximum atomic E-state index is 13.0. The number of carbonyl (C=O) groups excluding carboxylic acids is 1. The summed E-state index contributed by atoms with van der Waals surface area (Å²) in [6.07, 6.45) is 3.13. The number of hydrogen-bond donors (Lipinski definition) is 1. The van der Waals surface area contributed by atoms with Gasteiger partial charge < -0.3 is 19.5 Å². The molecule has 0 spiro atoms. The molecule has 1 amide bonds. The second kappa shape index (κ2) is 10.2. The van der Waals surface area contributed by atoms with E-state index >= 15 is 0 Å². The van der Waals surface area contributed by atoms with Crippen LogP contribution in [0.25, 0.3) is 22.0 Å². The lowest BCUT2D eigenvalue weighted by Crippen LogP contribution is -2.52. The van der Waals surface area contributed by atoms with Crippen LogP contribution in [0.5, 0.6) is 5.75 Å². The number of anilines is 1. The molecular formula is C27H26F2N6O5. The van der Waals surface area contributed by atoms with Crippen LogP contribution in [0.4, 0.5) is 19.5 Å². The lowest BCUT2D eigenvalue weighted by atomic mass is 10.1. The molecule has 40 heavy (non-hydrogen) atoms. The molecule has 0 aliphatic carbocycles. The van der Waals surface area contributed by atoms with Crippen molar-refractivity contribution in [2.24, 2.45) is 7.05 Å². The topological polar surface area (TPSA) is 115 Å². The number of piperazine rings is 1. The molecule has 11 nitrogen and oxygen atoms in total. The number of aliphatic hydroxyl groups excluding tert-OH is 1. The number of benzene rings is 2. The predicted octanol–water partition coefficient (Wildman–Crippen LogP) is 2.58. The highest BCUT2D eigenvalue weighted by Gasteiger charge is 2.38. The minimum absolute atomic E-state index is 0.0218. The van der Waals surface area contributed by atoms with Crippen molar-refractivity contribution in [3.8, 4) is 16.9 Å². The number of ether oxygens (including phenoxy) is 2. The average Bonchev–Trinajstić information content (AvgIpc) is 3.45. The third-order valence-corrected chi connectivity index (χ3v) is 7.38. The van der Waals surface area contributed by atoms with Gasteiger partial charge in [0.25, 0.3) is 5.56 Å². The van der Waals surface area contributed by atoms with Gasteiger partial charge in [-0.3, -0.25) is 19.1 Å². The fourth-order valence-corrected chi connectivity index (χ4v) is 5.27. The Morgan fingerprint density at radius 3 is 2.65 bits per heavy atom. The summed E-state index contributed by atoms with van der Waals surface area (Å²) in [5, 5.41) is 10.0. The molecule has 2 aliphatic rings. The number of amides is 1. The van der Waals surface area contributed by atoms with E-state index in [0.717, 1.165) is 11.1 Å². The average molecular weight is 553 g/mol. The van der Waals surface area contributed by atoms with Crippen LogP contribution < -0.4 is 15.2 Å². The fourth-order valence-electron chi connectivity index (χ4n) is 5.27. The highest BCUT2D eigenvalue weighted by molar-refractivity contribution is 5.84. The molecule has 0 bridgehead atoms. The van der Waals surface area contributed by atoms with Crippen molar-refractivity contribution < 1.29 is 28.2 Å². The molecule has 0 radical (unpaired) electrons. The Balaban J connectivity index is 1.30. The zero-order valence-electron chi connectivity index (χ0n) is 21.5. The molecule has 2 aromatic heterocycles. The van der Waals surface area contributed by atoms with Crippen LogP contribution in [-0.4, -0.2) is 74.3 Å². The summed E-state index contributed by atoms with van der Waals surface area (Å²) in [5.74, 6) is 0.520. The van der Waals surface area contributed by atoms with Gasteiger partial charge in [0.2, 0.25) is 5.95 Å². The summed E-state index contributed by atoms with van der Waals surface area (Å²) < 4.78 is 39.0. The van der Waals surface area contributed by atoms with E-state index in [-0.39, 0.29) is 36.6 Å². The monoisotopic (exact) mass is 552 g/mol. The van der Waals surface area contributed by atoms with Crippen molar-refractivity contribution in [1.29, 1.82) is 0 Å². The zero-order chi connectivity index (χ0) is 28.0. The summed E-state index contributed by atoms with van der Waals surface area (Å²) in [4.78, 5) is 37.6. The third-order valence-electron chi connectivity index (χ3n) is 7.38. The molecule has 13 heteroatoms. The Morgan fingerprint density at radius 2 is 1.90 bits per heavy atom. The summed E-state index contributed by atoms with van der Waals surface area (Å²) in [7, 11) is 1.60. The minimum Gasteiger partial charge on any atom is -0.447 e. The Kier molecular flexibility index (Phi) is 6.58. The van der Waals surface area contributed by atoms with Gasteiger partial charge in [-0.2, -0.15) is 8.78 Å². The van der Waals surface area contributed by atoms with Gasteiger partial charge in [0.1, 0.15) is 12.4 Å². The van der Waals surface area contributed by atoms with E-state index in [1.165, 1.54) is 16.8 Å². The number of aliphatic hydroxyl groups is 1. The number of alkyl halides is 2. The molecule has 208 valence electrons. The van der Waals surface area contributed by atoms with E-state index in [1.54, 1.807) is 41.2 Å². The van der Waals surface area contributed by atoms with Crippen LogP contribution in [0.15, 0.2) is 53.6 Å². The second-order valence-electron chi connectivity index (χ2n) is 9.74. The van der Waals surface area contributed by atoms with Gasteiger partial charge in [0.05, 0.1) is 30.1 Å². The molecule has 2 aromatic carbocycles. The first-order valence-electron chi connectivity index (χ1n) is 12.7. The molecule has 0 saturated carbocycles. The van der Waals surface area contributed by atoms with E-state index < -0.39 is 6.61 Å². The van der Waals surface area contributed by atoms with Crippen LogP contribution in [-0.2, 0) is 24.9 Å². The molecule has 2 fully saturated rings. The fraction of sp³-hybridized carbons (Fsp3) is 0.333. The quantitative estimate of drug-likeness (QED) is 0.372. The Bertz CT molecular complexity index is 1640. The molecule has 1 N–H and O–H groups in total. The highest BCUT2D eigenvalue weighted by Crippen LogP contribution is 2.28. The van der Waals surface area contributed by atoms with Gasteiger partial charge in [0.15, 0.2) is 0 Å². The van der Waals surface area contributed by atoms with Gasteiger partial charge in [0, 0.05) is 50.2 Å². The second-order valence-corrected chi connectivity index (χ2v) is 9.74. The molecule has 2 saturated heterocycles. The van der Waals surface area contributed by atoms with E-state index in [1.807, 2.05) is 17.0 Å². The minimum atomic E-state index is -3.02. The molecule has 4 heterocycles. The maximum Gasteiger partial charge on any atom is 0.410 e. The first-order chi connectivity index (χ1) is 19.3. The number of fused-ring (bicyclic) bond motifs is 2. The first kappa shape index (κ1) is 25.7. The molecular weight excluding hydrogens is 526 g/mol. The van der Waals surface area contributed by atoms with E-state index in [2.05, 4.69) is 9.97 Å². The lowest BCUT2D eigenvalue weighted by Gasteiger charge is -2.35. The van der Waals surface area contributed by atoms with E-state index in [0.29, 0.717) is 54.2 Å². The SMILES string of the molecule is Cn1c(=O)c2ccc(-c3cnc(N4CCN5C(=O)OC[C@H]5C4)nc3)cc2n1Cc1cc(CO)ccc1OC(F)F. The van der Waals surface area contributed by atoms with Crippen LogP contribution in [0, 0.1) is 0 Å². The molecule has 6 rings (SSSR count). The number of hydrogen-bond acceptors (Lipinski definition) is 8. The Morgan fingerprint density at radius 1 is 1.10 bits per heavy atom. The Labute approximate surface area is 226 Å². The first-order valence-corrected chi connectivity index (χ1v) is 12.7. The number of cyclic esters (lactones) is 1. The van der Waals surface area contributed by atoms with Gasteiger partial charge >= 0.3 is 12.7 Å². The molecule has 0 unspecified atom stereocenters. The van der Waals surface area contributed by atoms with Crippen molar-refractivity contribution in [2.75, 3.05) is 31.1 Å². The lowest BCUT2D eigenvalue weighted by molar-refractivity contribution is -0.0505. The van der Waals surface area contributed by atoms with Crippen molar-refractivity contribution in [3.05, 3.63) is 70.3 Å². The van der Waals surface area contributed by atoms with Crippen molar-refractivity contribution in [2.45, 2.75) is 25.8 Å². The smallest absolute Gasteiger partial charge is 0.410 e. The molecule has 4 aromatic rings. The van der Waals surface area contributed by atoms with Gasteiger partial charge in [-0.25, -0.2) is 14.8 Å². The summed E-state index contributed by atoms with van der Waals surface area (Å²) in [6, 6.07) is 9.82. The Hall–Kier alpha value is -4.52. The van der Waals surface area contributed by atoms with Crippen LogP contribution in [0.1, 0.15) is 11.1 Å². The van der Waals surface area contributed by atoms with E-state index in [4.69, 9.17) is 9.47 Å². The maximum absolute atomic E-state index is 13.0. The van der Waals surface area contributed by atoms with Gasteiger partial charge in [-0.15, -0.1) is 0 Å². The predicted molar refractivity (Wildman–Crippen MR) is 140 cm³/mol. The molecule has 1 atom stereocenters. The summed E-state index contributed by atoms with van der Waals surface area (Å²) >= 11 is 0. The highest BCUT2D eigenvalue weighted by atomic mass is 19.3. The van der Waals surface area contributed by atoms with Crippen LogP contribution in [0.3, 0.4) is 0 Å². The largest absolute Gasteiger partial charge is 0.447 e. The summed E-state index contributed by atoms with van der Waals surface area (Å²) in [6.45, 7) is -1.14. The van der Waals surface area contributed by atoms with Gasteiger partial charge in [-0.05, 0) is 35.4 Å². The van der Waals surface area contributed by atoms with Crippen LogP contribution in [0.2, 0.25) is 0 Å². The number of rotatable bonds is 7. The third kappa shape index (κ3) is 4.62. The van der Waals surface area contributed by atoms with Crippen molar-refractivity contribution in [1.82, 2.24) is 24.2 Å². The number of halogens is 2.